The molecule has 0 aliphatic rings. The van der Waals surface area contributed by atoms with E-state index in [-0.39, 0.29) is 5.91 Å². The van der Waals surface area contributed by atoms with E-state index in [1.54, 1.807) is 48.6 Å². The minimum Gasteiger partial charge on any atom is -0.397 e. The molecule has 0 saturated carbocycles. The zero-order valence-corrected chi connectivity index (χ0v) is 18.5. The van der Waals surface area contributed by atoms with Gasteiger partial charge >= 0.3 is 8.25 Å². The van der Waals surface area contributed by atoms with Crippen LogP contribution in [-0.4, -0.2) is 18.4 Å². The standard InChI is InChI=1S/C21H22N3O5PS/c1-13(29-30(27)28-12-20(23)25)14-4-6-15(7-5-14)21(26)24-18-11-16(8-9-17(18)22)19-3-2-10-31-19/h2-11,13,30H,12,22H2,1H3,(H2,23,25)(H,24,26). The summed E-state index contributed by atoms with van der Waals surface area (Å²) in [7, 11) is -2.87. The normalized spacial score (nSPS) is 12.8. The van der Waals surface area contributed by atoms with Gasteiger partial charge < -0.3 is 25.8 Å². The molecule has 31 heavy (non-hydrogen) atoms. The zero-order valence-electron chi connectivity index (χ0n) is 16.7. The zero-order chi connectivity index (χ0) is 22.4. The topological polar surface area (TPSA) is 134 Å². The largest absolute Gasteiger partial charge is 0.397 e. The van der Waals surface area contributed by atoms with E-state index in [4.69, 9.17) is 20.5 Å². The first-order chi connectivity index (χ1) is 14.8. The molecule has 0 aliphatic heterocycles. The molecule has 162 valence electrons. The summed E-state index contributed by atoms with van der Waals surface area (Å²) in [5.74, 6) is -1.04. The van der Waals surface area contributed by atoms with Crippen molar-refractivity contribution in [2.24, 2.45) is 5.73 Å². The van der Waals surface area contributed by atoms with Gasteiger partial charge in [0.25, 0.3) is 5.91 Å². The number of amides is 2. The van der Waals surface area contributed by atoms with Crippen LogP contribution in [0.1, 0.15) is 28.9 Å². The van der Waals surface area contributed by atoms with Crippen LogP contribution in [0.3, 0.4) is 0 Å². The van der Waals surface area contributed by atoms with Gasteiger partial charge in [-0.2, -0.15) is 0 Å². The van der Waals surface area contributed by atoms with Crippen molar-refractivity contribution in [2.45, 2.75) is 13.0 Å². The highest BCUT2D eigenvalue weighted by Crippen LogP contribution is 2.33. The predicted molar refractivity (Wildman–Crippen MR) is 122 cm³/mol. The van der Waals surface area contributed by atoms with Crippen molar-refractivity contribution < 1.29 is 23.2 Å². The highest BCUT2D eigenvalue weighted by atomic mass is 32.1. The second-order valence-electron chi connectivity index (χ2n) is 6.62. The Kier molecular flexibility index (Phi) is 7.59. The van der Waals surface area contributed by atoms with Crippen molar-refractivity contribution in [1.29, 1.82) is 0 Å². The van der Waals surface area contributed by atoms with Crippen molar-refractivity contribution >= 4 is 42.8 Å². The molecule has 3 aromatic rings. The second-order valence-corrected chi connectivity index (χ2v) is 8.59. The summed E-state index contributed by atoms with van der Waals surface area (Å²) in [5.41, 5.74) is 14.0. The molecule has 2 atom stereocenters. The van der Waals surface area contributed by atoms with Gasteiger partial charge in [0.05, 0.1) is 17.5 Å². The summed E-state index contributed by atoms with van der Waals surface area (Å²) >= 11 is 1.60. The second kappa shape index (κ2) is 10.4. The fraction of sp³-hybridized carbons (Fsp3) is 0.143. The molecule has 0 radical (unpaired) electrons. The van der Waals surface area contributed by atoms with Crippen LogP contribution in [0.5, 0.6) is 0 Å². The van der Waals surface area contributed by atoms with Crippen LogP contribution in [0.4, 0.5) is 11.4 Å². The highest BCUT2D eigenvalue weighted by Gasteiger charge is 2.14. The van der Waals surface area contributed by atoms with Crippen LogP contribution >= 0.6 is 19.6 Å². The first-order valence-corrected chi connectivity index (χ1v) is 11.4. The van der Waals surface area contributed by atoms with E-state index in [1.807, 2.05) is 29.6 Å². The number of primary amides is 1. The molecule has 2 unspecified atom stereocenters. The van der Waals surface area contributed by atoms with Gasteiger partial charge in [-0.3, -0.25) is 14.2 Å². The number of anilines is 2. The molecule has 10 heteroatoms. The van der Waals surface area contributed by atoms with Gasteiger partial charge in [-0.15, -0.1) is 11.3 Å². The van der Waals surface area contributed by atoms with Gasteiger partial charge in [0.15, 0.2) is 0 Å². The maximum absolute atomic E-state index is 12.7. The molecule has 0 aliphatic carbocycles. The lowest BCUT2D eigenvalue weighted by atomic mass is 10.1. The Bertz CT molecular complexity index is 1090. The summed E-state index contributed by atoms with van der Waals surface area (Å²) in [6, 6.07) is 16.1. The van der Waals surface area contributed by atoms with Gasteiger partial charge in [0, 0.05) is 10.4 Å². The van der Waals surface area contributed by atoms with E-state index in [2.05, 4.69) is 5.32 Å². The fourth-order valence-electron chi connectivity index (χ4n) is 2.74. The molecule has 2 aromatic carbocycles. The van der Waals surface area contributed by atoms with E-state index in [9.17, 15) is 14.2 Å². The minimum absolute atomic E-state index is 0.312. The van der Waals surface area contributed by atoms with Crippen LogP contribution in [0.2, 0.25) is 0 Å². The summed E-state index contributed by atoms with van der Waals surface area (Å²) in [6.45, 7) is 1.21. The van der Waals surface area contributed by atoms with Crippen LogP contribution < -0.4 is 16.8 Å². The summed E-state index contributed by atoms with van der Waals surface area (Å²) in [5, 5.41) is 4.82. The smallest absolute Gasteiger partial charge is 0.320 e. The van der Waals surface area contributed by atoms with E-state index < -0.39 is 26.9 Å². The first kappa shape index (κ1) is 22.7. The van der Waals surface area contributed by atoms with Crippen molar-refractivity contribution in [3.63, 3.8) is 0 Å². The molecule has 1 aromatic heterocycles. The quantitative estimate of drug-likeness (QED) is 0.324. The number of carbonyl (C=O) groups is 2. The van der Waals surface area contributed by atoms with Gasteiger partial charge in [-0.1, -0.05) is 24.3 Å². The number of hydrogen-bond acceptors (Lipinski definition) is 7. The molecular weight excluding hydrogens is 437 g/mol. The number of hydrogen-bond donors (Lipinski definition) is 3. The first-order valence-electron chi connectivity index (χ1n) is 9.30. The van der Waals surface area contributed by atoms with Gasteiger partial charge in [0.1, 0.15) is 6.61 Å². The molecule has 1 heterocycles. The van der Waals surface area contributed by atoms with Gasteiger partial charge in [-0.05, 0) is 53.8 Å². The van der Waals surface area contributed by atoms with Crippen molar-refractivity contribution in [1.82, 2.24) is 0 Å². The van der Waals surface area contributed by atoms with Crippen molar-refractivity contribution in [3.8, 4) is 10.4 Å². The average Bonchev–Trinajstić information content (AvgIpc) is 3.29. The molecule has 2 amide bonds. The number of thiophene rings is 1. The lowest BCUT2D eigenvalue weighted by Crippen LogP contribution is -2.16. The van der Waals surface area contributed by atoms with Gasteiger partial charge in [0.2, 0.25) is 5.91 Å². The van der Waals surface area contributed by atoms with E-state index in [0.717, 1.165) is 10.4 Å². The number of rotatable bonds is 9. The monoisotopic (exact) mass is 459 g/mol. The molecule has 5 N–H and O–H groups in total. The number of benzene rings is 2. The number of carbonyl (C=O) groups excluding carboxylic acids is 2. The molecule has 0 spiro atoms. The van der Waals surface area contributed by atoms with E-state index in [0.29, 0.717) is 22.5 Å². The Morgan fingerprint density at radius 1 is 1.16 bits per heavy atom. The summed E-state index contributed by atoms with van der Waals surface area (Å²) < 4.78 is 21.7. The number of nitrogens with two attached hydrogens (primary N) is 2. The third kappa shape index (κ3) is 6.26. The average molecular weight is 459 g/mol. The van der Waals surface area contributed by atoms with E-state index >= 15 is 0 Å². The Labute approximate surface area is 184 Å². The van der Waals surface area contributed by atoms with Crippen molar-refractivity contribution in [3.05, 3.63) is 71.1 Å². The maximum Gasteiger partial charge on any atom is 0.320 e. The number of nitrogens with one attached hydrogen (secondary N) is 1. The Morgan fingerprint density at radius 2 is 1.90 bits per heavy atom. The third-order valence-corrected chi connectivity index (χ3v) is 6.20. The van der Waals surface area contributed by atoms with E-state index in [1.165, 1.54) is 0 Å². The predicted octanol–water partition coefficient (Wildman–Crippen LogP) is 4.22. The molecule has 3 rings (SSSR count). The molecule has 0 fully saturated rings. The van der Waals surface area contributed by atoms with Crippen molar-refractivity contribution in [2.75, 3.05) is 17.7 Å². The van der Waals surface area contributed by atoms with Crippen LogP contribution in [0.25, 0.3) is 10.4 Å². The highest BCUT2D eigenvalue weighted by molar-refractivity contribution is 7.33. The molecular formula is C21H22N3O5PS. The summed E-state index contributed by atoms with van der Waals surface area (Å²) in [4.78, 5) is 24.4. The van der Waals surface area contributed by atoms with Crippen LogP contribution in [-0.2, 0) is 18.4 Å². The SMILES string of the molecule is CC(O[PH](=O)OCC(N)=O)c1ccc(C(=O)Nc2cc(-c3cccs3)ccc2N)cc1. The number of nitrogen functional groups attached to an aromatic ring is 1. The minimum atomic E-state index is -2.87. The summed E-state index contributed by atoms with van der Waals surface area (Å²) in [6.07, 6.45) is -0.561. The lowest BCUT2D eigenvalue weighted by Gasteiger charge is -2.14. The third-order valence-electron chi connectivity index (χ3n) is 4.35. The molecule has 8 nitrogen and oxygen atoms in total. The molecule has 0 saturated heterocycles. The maximum atomic E-state index is 12.7. The Hall–Kier alpha value is -2.97. The Balaban J connectivity index is 1.65. The molecule has 0 bridgehead atoms. The fourth-order valence-corrected chi connectivity index (χ4v) is 4.21. The van der Waals surface area contributed by atoms with Crippen LogP contribution in [0, 0.1) is 0 Å². The van der Waals surface area contributed by atoms with Gasteiger partial charge in [-0.25, -0.2) is 0 Å². The Morgan fingerprint density at radius 3 is 2.55 bits per heavy atom. The lowest BCUT2D eigenvalue weighted by molar-refractivity contribution is -0.120. The van der Waals surface area contributed by atoms with Crippen LogP contribution in [0.15, 0.2) is 60.0 Å².